The van der Waals surface area contributed by atoms with Crippen LogP contribution in [-0.4, -0.2) is 24.0 Å². The van der Waals surface area contributed by atoms with Gasteiger partial charge in [0.1, 0.15) is 5.82 Å². The summed E-state index contributed by atoms with van der Waals surface area (Å²) in [5.74, 6) is 0.407. The Morgan fingerprint density at radius 2 is 2.35 bits per heavy atom. The lowest BCUT2D eigenvalue weighted by molar-refractivity contribution is 0.303. The molecule has 1 fully saturated rings. The molecule has 2 rings (SSSR count). The number of benzene rings is 1. The second-order valence-electron chi connectivity index (χ2n) is 4.84. The lowest BCUT2D eigenvalue weighted by atomic mass is 10.0. The molecule has 0 aliphatic carbocycles. The minimum atomic E-state index is -0.136. The van der Waals surface area contributed by atoms with Crippen LogP contribution < -0.4 is 5.73 Å². The van der Waals surface area contributed by atoms with Crippen molar-refractivity contribution in [1.29, 1.82) is 0 Å². The molecule has 0 radical (unpaired) electrons. The van der Waals surface area contributed by atoms with Crippen molar-refractivity contribution < 1.29 is 4.39 Å². The van der Waals surface area contributed by atoms with Crippen LogP contribution in [0.5, 0.6) is 0 Å². The molecule has 1 aromatic rings. The number of nitrogens with zero attached hydrogens (tertiary/aromatic N) is 1. The first-order valence-corrected chi connectivity index (χ1v) is 6.78. The molecule has 4 heteroatoms. The summed E-state index contributed by atoms with van der Waals surface area (Å²) in [7, 11) is 0. The molecule has 2 N–H and O–H groups in total. The largest absolute Gasteiger partial charge is 0.328 e. The van der Waals surface area contributed by atoms with Crippen LogP contribution in [0.1, 0.15) is 18.9 Å². The molecule has 1 aliphatic rings. The van der Waals surface area contributed by atoms with Crippen molar-refractivity contribution in [1.82, 2.24) is 4.90 Å². The van der Waals surface area contributed by atoms with Gasteiger partial charge in [0.15, 0.2) is 0 Å². The topological polar surface area (TPSA) is 29.3 Å². The van der Waals surface area contributed by atoms with E-state index in [1.165, 1.54) is 6.07 Å². The average Bonchev–Trinajstić information content (AvgIpc) is 2.72. The second-order valence-corrected chi connectivity index (χ2v) is 5.70. The van der Waals surface area contributed by atoms with Crippen molar-refractivity contribution in [2.75, 3.05) is 13.1 Å². The Bertz CT molecular complexity index is 375. The second kappa shape index (κ2) is 5.46. The first-order chi connectivity index (χ1) is 8.08. The molecule has 0 aromatic heterocycles. The average molecular weight is 301 g/mol. The molecule has 2 nitrogen and oxygen atoms in total. The van der Waals surface area contributed by atoms with Crippen molar-refractivity contribution in [3.05, 3.63) is 34.1 Å². The number of nitrogens with two attached hydrogens (primary N) is 1. The van der Waals surface area contributed by atoms with Crippen molar-refractivity contribution in [3.63, 3.8) is 0 Å². The maximum absolute atomic E-state index is 13.7. The Balaban J connectivity index is 2.03. The maximum Gasteiger partial charge on any atom is 0.128 e. The molecule has 0 bridgehead atoms. The van der Waals surface area contributed by atoms with Gasteiger partial charge in [-0.05, 0) is 37.9 Å². The van der Waals surface area contributed by atoms with E-state index >= 15 is 0 Å². The summed E-state index contributed by atoms with van der Waals surface area (Å²) in [6, 6.07) is 5.35. The van der Waals surface area contributed by atoms with Gasteiger partial charge in [-0.2, -0.15) is 0 Å². The van der Waals surface area contributed by atoms with Crippen LogP contribution >= 0.6 is 15.9 Å². The van der Waals surface area contributed by atoms with Crippen LogP contribution in [-0.2, 0) is 6.54 Å². The van der Waals surface area contributed by atoms with Gasteiger partial charge in [-0.15, -0.1) is 0 Å². The Hall–Kier alpha value is -0.450. The Morgan fingerprint density at radius 1 is 1.59 bits per heavy atom. The highest BCUT2D eigenvalue weighted by atomic mass is 79.9. The minimum absolute atomic E-state index is 0.136. The number of likely N-dealkylation sites (tertiary alicyclic amines) is 1. The van der Waals surface area contributed by atoms with E-state index in [2.05, 4.69) is 20.8 Å². The van der Waals surface area contributed by atoms with Crippen molar-refractivity contribution in [2.45, 2.75) is 25.9 Å². The highest BCUT2D eigenvalue weighted by Gasteiger charge is 2.26. The van der Waals surface area contributed by atoms with E-state index in [1.54, 1.807) is 6.07 Å². The van der Waals surface area contributed by atoms with Crippen molar-refractivity contribution in [3.8, 4) is 0 Å². The molecule has 0 amide bonds. The zero-order chi connectivity index (χ0) is 12.4. The highest BCUT2D eigenvalue weighted by Crippen LogP contribution is 2.25. The third-order valence-corrected chi connectivity index (χ3v) is 4.24. The summed E-state index contributed by atoms with van der Waals surface area (Å²) < 4.78 is 14.5. The van der Waals surface area contributed by atoms with E-state index in [4.69, 9.17) is 5.73 Å². The summed E-state index contributed by atoms with van der Waals surface area (Å²) in [6.07, 6.45) is 1.11. The summed E-state index contributed by atoms with van der Waals surface area (Å²) in [4.78, 5) is 2.28. The zero-order valence-corrected chi connectivity index (χ0v) is 11.6. The van der Waals surface area contributed by atoms with E-state index in [-0.39, 0.29) is 11.9 Å². The Labute approximate surface area is 110 Å². The molecule has 17 heavy (non-hydrogen) atoms. The smallest absolute Gasteiger partial charge is 0.128 e. The fourth-order valence-corrected chi connectivity index (χ4v) is 2.81. The summed E-state index contributed by atoms with van der Waals surface area (Å²) >= 11 is 3.41. The monoisotopic (exact) mass is 300 g/mol. The minimum Gasteiger partial charge on any atom is -0.328 e. The maximum atomic E-state index is 13.7. The van der Waals surface area contributed by atoms with E-state index in [0.717, 1.165) is 29.5 Å². The van der Waals surface area contributed by atoms with Crippen LogP contribution in [0.2, 0.25) is 0 Å². The fourth-order valence-electron chi connectivity index (χ4n) is 2.34. The summed E-state index contributed by atoms with van der Waals surface area (Å²) in [5, 5.41) is 0. The summed E-state index contributed by atoms with van der Waals surface area (Å²) in [6.45, 7) is 4.69. The molecule has 94 valence electrons. The quantitative estimate of drug-likeness (QED) is 0.930. The molecule has 1 saturated heterocycles. The molecule has 2 unspecified atom stereocenters. The van der Waals surface area contributed by atoms with Crippen LogP contribution in [0.15, 0.2) is 22.7 Å². The van der Waals surface area contributed by atoms with Gasteiger partial charge in [0.25, 0.3) is 0 Å². The Kier molecular flexibility index (Phi) is 4.17. The summed E-state index contributed by atoms with van der Waals surface area (Å²) in [5.41, 5.74) is 6.65. The molecule has 2 atom stereocenters. The first-order valence-electron chi connectivity index (χ1n) is 5.98. The van der Waals surface area contributed by atoms with E-state index in [0.29, 0.717) is 12.5 Å². The zero-order valence-electron chi connectivity index (χ0n) is 10.00. The van der Waals surface area contributed by atoms with Crippen molar-refractivity contribution in [2.24, 2.45) is 11.7 Å². The van der Waals surface area contributed by atoms with Gasteiger partial charge in [-0.25, -0.2) is 4.39 Å². The lowest BCUT2D eigenvalue weighted by Crippen LogP contribution is -2.29. The third kappa shape index (κ3) is 3.06. The number of hydrogen-bond acceptors (Lipinski definition) is 2. The molecule has 0 saturated carbocycles. The molecular formula is C13H18BrFN2. The number of rotatable bonds is 3. The van der Waals surface area contributed by atoms with Gasteiger partial charge in [-0.1, -0.05) is 22.0 Å². The van der Waals surface area contributed by atoms with Crippen LogP contribution in [0.3, 0.4) is 0 Å². The van der Waals surface area contributed by atoms with E-state index in [1.807, 2.05) is 13.0 Å². The van der Waals surface area contributed by atoms with Gasteiger partial charge in [0.05, 0.1) is 0 Å². The highest BCUT2D eigenvalue weighted by molar-refractivity contribution is 9.10. The van der Waals surface area contributed by atoms with Gasteiger partial charge in [0, 0.05) is 29.2 Å². The SMILES string of the molecule is CC(N)C1CCN(Cc2c(F)cccc2Br)C1. The van der Waals surface area contributed by atoms with Crippen molar-refractivity contribution >= 4 is 15.9 Å². The van der Waals surface area contributed by atoms with Gasteiger partial charge in [-0.3, -0.25) is 4.90 Å². The molecule has 1 aliphatic heterocycles. The fraction of sp³-hybridized carbons (Fsp3) is 0.538. The molecular weight excluding hydrogens is 283 g/mol. The molecule has 0 spiro atoms. The third-order valence-electron chi connectivity index (χ3n) is 3.50. The van der Waals surface area contributed by atoms with Crippen LogP contribution in [0, 0.1) is 11.7 Å². The molecule has 1 heterocycles. The van der Waals surface area contributed by atoms with Crippen LogP contribution in [0.4, 0.5) is 4.39 Å². The number of halogens is 2. The molecule has 1 aromatic carbocycles. The normalized spacial score (nSPS) is 22.9. The lowest BCUT2D eigenvalue weighted by Gasteiger charge is -2.18. The van der Waals surface area contributed by atoms with Crippen LogP contribution in [0.25, 0.3) is 0 Å². The van der Waals surface area contributed by atoms with Gasteiger partial charge < -0.3 is 5.73 Å². The predicted octanol–water partition coefficient (Wildman–Crippen LogP) is 2.76. The number of hydrogen-bond donors (Lipinski definition) is 1. The van der Waals surface area contributed by atoms with Gasteiger partial charge >= 0.3 is 0 Å². The van der Waals surface area contributed by atoms with E-state index in [9.17, 15) is 4.39 Å². The van der Waals surface area contributed by atoms with Gasteiger partial charge in [0.2, 0.25) is 0 Å². The predicted molar refractivity (Wildman–Crippen MR) is 71.1 cm³/mol. The Morgan fingerprint density at radius 3 is 2.94 bits per heavy atom. The standard InChI is InChI=1S/C13H18BrFN2/c1-9(16)10-5-6-17(7-10)8-11-12(14)3-2-4-13(11)15/h2-4,9-10H,5-8,16H2,1H3. The van der Waals surface area contributed by atoms with E-state index < -0.39 is 0 Å². The first kappa shape index (κ1) is 13.0.